The number of aliphatic carboxylic acids is 1. The van der Waals surface area contributed by atoms with Gasteiger partial charge in [-0.25, -0.2) is 0 Å². The minimum Gasteiger partial charge on any atom is -0.508 e. The largest absolute Gasteiger partial charge is 0.508 e. The van der Waals surface area contributed by atoms with Crippen molar-refractivity contribution < 1.29 is 15.0 Å². The summed E-state index contributed by atoms with van der Waals surface area (Å²) in [5.74, 6) is -0.822. The third kappa shape index (κ3) is 3.23. The van der Waals surface area contributed by atoms with Crippen molar-refractivity contribution in [2.75, 3.05) is 0 Å². The molecule has 0 radical (unpaired) electrons. The fourth-order valence-corrected chi connectivity index (χ4v) is 1.90. The lowest BCUT2D eigenvalue weighted by Gasteiger charge is -2.14. The van der Waals surface area contributed by atoms with Crippen molar-refractivity contribution in [3.63, 3.8) is 0 Å². The lowest BCUT2D eigenvalue weighted by molar-refractivity contribution is -0.137. The summed E-state index contributed by atoms with van der Waals surface area (Å²) in [5, 5.41) is 18.4. The topological polar surface area (TPSA) is 57.5 Å². The van der Waals surface area contributed by atoms with Gasteiger partial charge < -0.3 is 10.2 Å². The minimum absolute atomic E-state index is 0.0473. The smallest absolute Gasteiger partial charge is 0.303 e. The molecule has 1 rings (SSSR count). The number of carbonyl (C=O) groups is 1. The quantitative estimate of drug-likeness (QED) is 0.886. The summed E-state index contributed by atoms with van der Waals surface area (Å²) in [6, 6.07) is 5.15. The Balaban J connectivity index is 2.96. The first-order chi connectivity index (χ1) is 7.04. The highest BCUT2D eigenvalue weighted by atomic mass is 79.9. The van der Waals surface area contributed by atoms with Crippen LogP contribution in [0.15, 0.2) is 22.7 Å². The summed E-state index contributed by atoms with van der Waals surface area (Å²) in [5.41, 5.74) is 0.697. The van der Waals surface area contributed by atoms with E-state index in [1.165, 1.54) is 0 Å². The Morgan fingerprint density at radius 2 is 2.20 bits per heavy atom. The molecular weight excluding hydrogens is 260 g/mol. The summed E-state index contributed by atoms with van der Waals surface area (Å²) in [4.78, 5) is 10.6. The maximum Gasteiger partial charge on any atom is 0.303 e. The van der Waals surface area contributed by atoms with E-state index >= 15 is 0 Å². The van der Waals surface area contributed by atoms with Crippen molar-refractivity contribution in [3.05, 3.63) is 28.2 Å². The molecule has 2 N–H and O–H groups in total. The van der Waals surface area contributed by atoms with Crippen LogP contribution in [-0.2, 0) is 4.79 Å². The van der Waals surface area contributed by atoms with Gasteiger partial charge in [-0.3, -0.25) is 4.79 Å². The molecule has 3 nitrogen and oxygen atoms in total. The van der Waals surface area contributed by atoms with Gasteiger partial charge in [0.25, 0.3) is 0 Å². The molecule has 15 heavy (non-hydrogen) atoms. The second kappa shape index (κ2) is 5.16. The SMILES string of the molecule is CCC(CC(=O)O)c1ccc(Br)cc1O. The summed E-state index contributed by atoms with van der Waals surface area (Å²) in [7, 11) is 0. The van der Waals surface area contributed by atoms with Crippen LogP contribution in [0.2, 0.25) is 0 Å². The van der Waals surface area contributed by atoms with Gasteiger partial charge in [0.1, 0.15) is 5.75 Å². The fourth-order valence-electron chi connectivity index (χ4n) is 1.55. The Morgan fingerprint density at radius 3 is 2.67 bits per heavy atom. The Morgan fingerprint density at radius 1 is 1.53 bits per heavy atom. The van der Waals surface area contributed by atoms with Gasteiger partial charge in [-0.1, -0.05) is 28.9 Å². The van der Waals surface area contributed by atoms with E-state index in [2.05, 4.69) is 15.9 Å². The third-order valence-corrected chi connectivity index (χ3v) is 2.84. The fraction of sp³-hybridized carbons (Fsp3) is 0.364. The highest BCUT2D eigenvalue weighted by Gasteiger charge is 2.16. The molecule has 0 saturated heterocycles. The molecule has 0 saturated carbocycles. The average molecular weight is 273 g/mol. The Kier molecular flexibility index (Phi) is 4.15. The second-order valence-electron chi connectivity index (χ2n) is 3.41. The van der Waals surface area contributed by atoms with Gasteiger partial charge in [-0.05, 0) is 30.0 Å². The number of aromatic hydroxyl groups is 1. The van der Waals surface area contributed by atoms with E-state index < -0.39 is 5.97 Å². The third-order valence-electron chi connectivity index (χ3n) is 2.35. The molecule has 4 heteroatoms. The van der Waals surface area contributed by atoms with E-state index in [0.717, 1.165) is 4.47 Å². The average Bonchev–Trinajstić information content (AvgIpc) is 2.14. The predicted octanol–water partition coefficient (Wildman–Crippen LogP) is 3.12. The van der Waals surface area contributed by atoms with Gasteiger partial charge in [0, 0.05) is 4.47 Å². The van der Waals surface area contributed by atoms with Crippen molar-refractivity contribution in [1.29, 1.82) is 0 Å². The van der Waals surface area contributed by atoms with Crippen molar-refractivity contribution in [1.82, 2.24) is 0 Å². The number of benzene rings is 1. The van der Waals surface area contributed by atoms with Gasteiger partial charge in [-0.2, -0.15) is 0 Å². The summed E-state index contributed by atoms with van der Waals surface area (Å²) < 4.78 is 0.786. The van der Waals surface area contributed by atoms with Crippen LogP contribution in [0.5, 0.6) is 5.75 Å². The minimum atomic E-state index is -0.843. The molecule has 0 spiro atoms. The number of phenols is 1. The van der Waals surface area contributed by atoms with Gasteiger partial charge in [0.2, 0.25) is 0 Å². The van der Waals surface area contributed by atoms with Crippen molar-refractivity contribution in [2.24, 2.45) is 0 Å². The van der Waals surface area contributed by atoms with Crippen LogP contribution < -0.4 is 0 Å². The maximum atomic E-state index is 10.6. The zero-order valence-electron chi connectivity index (χ0n) is 8.40. The Labute approximate surface area is 96.9 Å². The highest BCUT2D eigenvalue weighted by molar-refractivity contribution is 9.10. The number of hydrogen-bond acceptors (Lipinski definition) is 2. The van der Waals surface area contributed by atoms with E-state index in [0.29, 0.717) is 12.0 Å². The number of carboxylic acids is 1. The number of phenolic OH excluding ortho intramolecular Hbond substituents is 1. The molecule has 0 aliphatic rings. The van der Waals surface area contributed by atoms with Gasteiger partial charge >= 0.3 is 5.97 Å². The first kappa shape index (κ1) is 12.0. The van der Waals surface area contributed by atoms with Gasteiger partial charge in [0.15, 0.2) is 0 Å². The lowest BCUT2D eigenvalue weighted by atomic mass is 9.92. The summed E-state index contributed by atoms with van der Waals surface area (Å²) in [6.45, 7) is 1.91. The predicted molar refractivity (Wildman–Crippen MR) is 61.1 cm³/mol. The molecule has 0 heterocycles. The van der Waals surface area contributed by atoms with Crippen molar-refractivity contribution in [2.45, 2.75) is 25.7 Å². The van der Waals surface area contributed by atoms with Crippen LogP contribution in [0, 0.1) is 0 Å². The Bertz CT molecular complexity index is 363. The first-order valence-electron chi connectivity index (χ1n) is 4.74. The van der Waals surface area contributed by atoms with E-state index in [1.54, 1.807) is 18.2 Å². The van der Waals surface area contributed by atoms with Crippen molar-refractivity contribution in [3.8, 4) is 5.75 Å². The number of hydrogen-bond donors (Lipinski definition) is 2. The van der Waals surface area contributed by atoms with Gasteiger partial charge in [0.05, 0.1) is 6.42 Å². The second-order valence-corrected chi connectivity index (χ2v) is 4.32. The Hall–Kier alpha value is -1.03. The first-order valence-corrected chi connectivity index (χ1v) is 5.54. The van der Waals surface area contributed by atoms with Gasteiger partial charge in [-0.15, -0.1) is 0 Å². The zero-order chi connectivity index (χ0) is 11.4. The molecule has 0 bridgehead atoms. The standard InChI is InChI=1S/C11H13BrO3/c1-2-7(5-11(14)15)9-4-3-8(12)6-10(9)13/h3-4,6-7,13H,2,5H2,1H3,(H,14,15). The molecule has 1 aromatic rings. The molecule has 0 fully saturated rings. The van der Waals surface area contributed by atoms with E-state index in [-0.39, 0.29) is 18.1 Å². The molecule has 1 atom stereocenters. The molecule has 0 aliphatic carbocycles. The normalized spacial score (nSPS) is 12.4. The molecule has 1 unspecified atom stereocenters. The van der Waals surface area contributed by atoms with Crippen LogP contribution >= 0.6 is 15.9 Å². The van der Waals surface area contributed by atoms with Crippen LogP contribution in [0.3, 0.4) is 0 Å². The van der Waals surface area contributed by atoms with Crippen molar-refractivity contribution >= 4 is 21.9 Å². The van der Waals surface area contributed by atoms with Crippen LogP contribution in [0.4, 0.5) is 0 Å². The monoisotopic (exact) mass is 272 g/mol. The molecular formula is C11H13BrO3. The van der Waals surface area contributed by atoms with Crippen LogP contribution in [0.25, 0.3) is 0 Å². The molecule has 0 amide bonds. The highest BCUT2D eigenvalue weighted by Crippen LogP contribution is 2.32. The summed E-state index contributed by atoms with van der Waals surface area (Å²) >= 11 is 3.24. The van der Waals surface area contributed by atoms with E-state index in [1.807, 2.05) is 6.92 Å². The van der Waals surface area contributed by atoms with Crippen LogP contribution in [0.1, 0.15) is 31.2 Å². The maximum absolute atomic E-state index is 10.6. The molecule has 0 aromatic heterocycles. The summed E-state index contributed by atoms with van der Waals surface area (Å²) in [6.07, 6.45) is 0.743. The number of rotatable bonds is 4. The van der Waals surface area contributed by atoms with E-state index in [4.69, 9.17) is 5.11 Å². The number of carboxylic acid groups (broad SMARTS) is 1. The zero-order valence-corrected chi connectivity index (χ0v) is 9.99. The molecule has 82 valence electrons. The number of halogens is 1. The lowest BCUT2D eigenvalue weighted by Crippen LogP contribution is -2.05. The molecule has 1 aromatic carbocycles. The van der Waals surface area contributed by atoms with E-state index in [9.17, 15) is 9.90 Å². The van der Waals surface area contributed by atoms with Crippen LogP contribution in [-0.4, -0.2) is 16.2 Å². The molecule has 0 aliphatic heterocycles.